The number of hydrogen-bond acceptors (Lipinski definition) is 5. The number of allylic oxidation sites excluding steroid dienone is 4. The van der Waals surface area contributed by atoms with Crippen molar-refractivity contribution in [2.75, 3.05) is 26.2 Å². The number of quaternary nitrogens is 1. The number of halogens is 10. The van der Waals surface area contributed by atoms with Gasteiger partial charge >= 0.3 is 22.9 Å². The van der Waals surface area contributed by atoms with Crippen molar-refractivity contribution in [1.29, 1.82) is 5.41 Å². The molecule has 4 rings (SSSR count). The van der Waals surface area contributed by atoms with E-state index >= 15 is 0 Å². The Morgan fingerprint density at radius 3 is 1.74 bits per heavy atom. The van der Waals surface area contributed by atoms with E-state index in [9.17, 15) is 60.7 Å². The minimum Gasteiger partial charge on any atom is -0.324 e. The van der Waals surface area contributed by atoms with Crippen molar-refractivity contribution >= 4 is 37.0 Å². The third-order valence-electron chi connectivity index (χ3n) is 8.18. The molecule has 0 spiro atoms. The zero-order valence-electron chi connectivity index (χ0n) is 25.2. The molecule has 1 N–H and O–H groups in total. The smallest absolute Gasteiger partial charge is 0.324 e. The van der Waals surface area contributed by atoms with Crippen LogP contribution in [0.25, 0.3) is 11.6 Å². The van der Waals surface area contributed by atoms with Crippen LogP contribution in [0, 0.1) is 5.41 Å². The summed E-state index contributed by atoms with van der Waals surface area (Å²) < 4.78 is 183. The molecule has 1 fully saturated rings. The fourth-order valence-corrected chi connectivity index (χ4v) is 8.92. The Kier molecular flexibility index (Phi) is 10.9. The summed E-state index contributed by atoms with van der Waals surface area (Å²) in [4.78, 5) is -5.57. The van der Waals surface area contributed by atoms with Crippen molar-refractivity contribution in [2.45, 2.75) is 75.2 Å². The second-order valence-corrected chi connectivity index (χ2v) is 15.3. The van der Waals surface area contributed by atoms with E-state index in [0.717, 1.165) is 12.1 Å². The van der Waals surface area contributed by atoms with Crippen LogP contribution in [0.2, 0.25) is 0 Å². The van der Waals surface area contributed by atoms with Gasteiger partial charge in [0.2, 0.25) is 0 Å². The number of unbranched alkanes of at least 4 members (excludes halogenated alkanes) is 1. The number of fused-ring (bicyclic) bond motifs is 3. The maximum Gasteiger partial charge on any atom is 0.469 e. The topological polar surface area (TPSA) is 92.1 Å². The standard InChI is InChI=1S/C17H7F10NO4S2.C12H26N/c18-14(19,20)16(24,25)33(29,30)11-6-9-8-4-2-1-3-7(8)5-10(9)12(28)13(11)34(31,32)17(26,27)15(21,22)23;1-3-5-10-13(9-4-2)11-7-6-8-12-13/h1-6,28H;3-12H2,1-2H3/q;+1. The van der Waals surface area contributed by atoms with Crippen molar-refractivity contribution in [3.05, 3.63) is 56.9 Å². The second kappa shape index (κ2) is 13.3. The molecule has 1 aromatic carbocycles. The monoisotopic (exact) mass is 727 g/mol. The summed E-state index contributed by atoms with van der Waals surface area (Å²) in [5, 5.41) is -5.85. The summed E-state index contributed by atoms with van der Waals surface area (Å²) in [6, 6.07) is 4.95. The molecule has 0 bridgehead atoms. The van der Waals surface area contributed by atoms with Gasteiger partial charge in [-0.25, -0.2) is 16.8 Å². The highest BCUT2D eigenvalue weighted by Crippen LogP contribution is 2.52. The van der Waals surface area contributed by atoms with Gasteiger partial charge in [-0.2, -0.15) is 43.9 Å². The molecule has 0 radical (unpaired) electrons. The molecule has 1 heterocycles. The normalized spacial score (nSPS) is 18.9. The lowest BCUT2D eigenvalue weighted by molar-refractivity contribution is -0.932. The molecule has 6 nitrogen and oxygen atoms in total. The molecule has 0 unspecified atom stereocenters. The summed E-state index contributed by atoms with van der Waals surface area (Å²) in [5.74, 6) is 0. The molecule has 1 saturated heterocycles. The SMILES string of the molecule is CCCC[N+]1(CCC)CCCCC1.N=C1C2=Cc3ccccc3C2=CC(S(=O)(=O)C(F)(F)C(F)(F)F)=C1S(=O)(=O)C(F)(F)C(F)(F)F. The Balaban J connectivity index is 0.000000386. The Labute approximate surface area is 265 Å². The lowest BCUT2D eigenvalue weighted by Gasteiger charge is -2.41. The summed E-state index contributed by atoms with van der Waals surface area (Å²) in [5.41, 5.74) is -3.48. The zero-order chi connectivity index (χ0) is 35.9. The lowest BCUT2D eigenvalue weighted by atomic mass is 9.95. The van der Waals surface area contributed by atoms with Crippen LogP contribution in [0.4, 0.5) is 43.9 Å². The Hall–Kier alpha value is -2.73. The molecule has 0 aromatic heterocycles. The third kappa shape index (κ3) is 6.91. The number of nitrogens with one attached hydrogen (secondary N) is 1. The molecule has 3 aliphatic rings. The van der Waals surface area contributed by atoms with E-state index in [1.165, 1.54) is 87.4 Å². The van der Waals surface area contributed by atoms with Gasteiger partial charge in [0.15, 0.2) is 0 Å². The highest BCUT2D eigenvalue weighted by Gasteiger charge is 2.72. The predicted octanol–water partition coefficient (Wildman–Crippen LogP) is 8.05. The first-order valence-corrected chi connectivity index (χ1v) is 17.5. The first-order chi connectivity index (χ1) is 21.4. The maximum absolute atomic E-state index is 13.9. The average Bonchev–Trinajstić information content (AvgIpc) is 3.35. The number of rotatable bonds is 9. The van der Waals surface area contributed by atoms with Gasteiger partial charge in [-0.05, 0) is 61.0 Å². The predicted molar refractivity (Wildman–Crippen MR) is 156 cm³/mol. The summed E-state index contributed by atoms with van der Waals surface area (Å²) in [6.07, 6.45) is -4.63. The maximum atomic E-state index is 13.9. The summed E-state index contributed by atoms with van der Waals surface area (Å²) >= 11 is 0. The molecule has 0 amide bonds. The summed E-state index contributed by atoms with van der Waals surface area (Å²) in [7, 11) is -14.7. The van der Waals surface area contributed by atoms with E-state index in [1.54, 1.807) is 0 Å². The largest absolute Gasteiger partial charge is 0.469 e. The van der Waals surface area contributed by atoms with E-state index < -0.39 is 69.2 Å². The van der Waals surface area contributed by atoms with Crippen LogP contribution < -0.4 is 0 Å². The van der Waals surface area contributed by atoms with E-state index in [4.69, 9.17) is 5.41 Å². The highest BCUT2D eigenvalue weighted by molar-refractivity contribution is 8.01. The molecule has 47 heavy (non-hydrogen) atoms. The van der Waals surface area contributed by atoms with Crippen LogP contribution in [0.15, 0.2) is 45.7 Å². The molecule has 18 heteroatoms. The second-order valence-electron chi connectivity index (χ2n) is 11.5. The summed E-state index contributed by atoms with van der Waals surface area (Å²) in [6.45, 7) is 10.5. The van der Waals surface area contributed by atoms with Crippen molar-refractivity contribution in [1.82, 2.24) is 0 Å². The lowest BCUT2D eigenvalue weighted by Crippen LogP contribution is -2.52. The van der Waals surface area contributed by atoms with Crippen LogP contribution in [0.1, 0.15) is 63.5 Å². The van der Waals surface area contributed by atoms with Crippen molar-refractivity contribution in [3.8, 4) is 0 Å². The first-order valence-electron chi connectivity index (χ1n) is 14.5. The fraction of sp³-hybridized carbons (Fsp3) is 0.552. The van der Waals surface area contributed by atoms with Crippen molar-refractivity contribution < 1.29 is 65.2 Å². The average molecular weight is 728 g/mol. The van der Waals surface area contributed by atoms with E-state index in [1.807, 2.05) is 0 Å². The van der Waals surface area contributed by atoms with Crippen LogP contribution >= 0.6 is 0 Å². The van der Waals surface area contributed by atoms with Gasteiger partial charge in [0.1, 0.15) is 4.91 Å². The van der Waals surface area contributed by atoms with E-state index in [2.05, 4.69) is 13.8 Å². The first kappa shape index (κ1) is 38.7. The van der Waals surface area contributed by atoms with Crippen LogP contribution in [0.5, 0.6) is 0 Å². The van der Waals surface area contributed by atoms with Gasteiger partial charge in [-0.3, -0.25) is 5.41 Å². The van der Waals surface area contributed by atoms with Gasteiger partial charge in [0, 0.05) is 5.57 Å². The van der Waals surface area contributed by atoms with Gasteiger partial charge < -0.3 is 4.48 Å². The molecule has 1 aliphatic heterocycles. The van der Waals surface area contributed by atoms with Gasteiger partial charge in [0.25, 0.3) is 19.7 Å². The molecule has 2 aliphatic carbocycles. The van der Waals surface area contributed by atoms with Gasteiger partial charge in [0.05, 0.1) is 36.8 Å². The minimum atomic E-state index is -7.40. The van der Waals surface area contributed by atoms with Crippen LogP contribution in [0.3, 0.4) is 0 Å². The Bertz CT molecular complexity index is 1680. The van der Waals surface area contributed by atoms with Crippen LogP contribution in [-0.4, -0.2) is 76.1 Å². The molecule has 1 aromatic rings. The van der Waals surface area contributed by atoms with Gasteiger partial charge in [-0.15, -0.1) is 0 Å². The Morgan fingerprint density at radius 1 is 0.702 bits per heavy atom. The minimum absolute atomic E-state index is 0.0223. The molecule has 264 valence electrons. The quantitative estimate of drug-likeness (QED) is 0.206. The van der Waals surface area contributed by atoms with Crippen molar-refractivity contribution in [3.63, 3.8) is 0 Å². The third-order valence-corrected chi connectivity index (χ3v) is 12.0. The number of alkyl halides is 10. The molecule has 0 saturated carbocycles. The number of benzene rings is 1. The van der Waals surface area contributed by atoms with E-state index in [0.29, 0.717) is 0 Å². The fourth-order valence-electron chi connectivity index (χ4n) is 5.80. The zero-order valence-corrected chi connectivity index (χ0v) is 26.8. The Morgan fingerprint density at radius 2 is 1.23 bits per heavy atom. The molecule has 0 atom stereocenters. The van der Waals surface area contributed by atoms with Crippen LogP contribution in [-0.2, 0) is 19.7 Å². The van der Waals surface area contributed by atoms with Gasteiger partial charge in [-0.1, -0.05) is 44.5 Å². The number of hydrogen-bond donors (Lipinski definition) is 1. The number of nitrogens with zero attached hydrogens (tertiary/aromatic N) is 1. The highest BCUT2D eigenvalue weighted by atomic mass is 32.2. The number of sulfone groups is 2. The molecular weight excluding hydrogens is 694 g/mol. The number of piperidine rings is 1. The van der Waals surface area contributed by atoms with E-state index in [-0.39, 0.29) is 17.2 Å². The molecular formula is C29H33F10N2O4S2+. The van der Waals surface area contributed by atoms with Crippen molar-refractivity contribution in [2.24, 2.45) is 0 Å². The number of likely N-dealkylation sites (tertiary alicyclic amines) is 1.